The van der Waals surface area contributed by atoms with Gasteiger partial charge in [-0.3, -0.25) is 9.36 Å². The Bertz CT molecular complexity index is 1420. The number of halogens is 2. The predicted molar refractivity (Wildman–Crippen MR) is 132 cm³/mol. The molecule has 1 aliphatic rings. The van der Waals surface area contributed by atoms with Gasteiger partial charge in [0.15, 0.2) is 0 Å². The zero-order valence-electron chi connectivity index (χ0n) is 18.3. The maximum Gasteiger partial charge on any atom is 0.349 e. The molecule has 0 radical (unpaired) electrons. The summed E-state index contributed by atoms with van der Waals surface area (Å²) in [5.41, 5.74) is 1.97. The first-order valence-corrected chi connectivity index (χ1v) is 11.4. The van der Waals surface area contributed by atoms with Crippen molar-refractivity contribution in [2.24, 2.45) is 0 Å². The van der Waals surface area contributed by atoms with Gasteiger partial charge in [-0.25, -0.2) is 9.18 Å². The van der Waals surface area contributed by atoms with E-state index < -0.39 is 5.69 Å². The maximum atomic E-state index is 14.1. The smallest absolute Gasteiger partial charge is 0.349 e. The van der Waals surface area contributed by atoms with Crippen molar-refractivity contribution in [3.63, 3.8) is 0 Å². The van der Waals surface area contributed by atoms with Gasteiger partial charge in [0.2, 0.25) is 5.91 Å². The van der Waals surface area contributed by atoms with Gasteiger partial charge in [0.1, 0.15) is 12.4 Å². The Morgan fingerprint density at radius 3 is 2.38 bits per heavy atom. The molecule has 1 saturated heterocycles. The molecule has 5 rings (SSSR count). The Labute approximate surface area is 200 Å². The number of rotatable bonds is 4. The van der Waals surface area contributed by atoms with E-state index in [1.54, 1.807) is 41.3 Å². The highest BCUT2D eigenvalue weighted by Gasteiger charge is 2.24. The molecule has 1 aromatic heterocycles. The van der Waals surface area contributed by atoms with Crippen LogP contribution in [0.4, 0.5) is 10.1 Å². The molecule has 0 N–H and O–H groups in total. The minimum atomic E-state index is -0.494. The second-order valence-corrected chi connectivity index (χ2v) is 8.61. The summed E-state index contributed by atoms with van der Waals surface area (Å²) in [4.78, 5) is 34.1. The zero-order chi connectivity index (χ0) is 23.7. The quantitative estimate of drug-likeness (QED) is 0.443. The Balaban J connectivity index is 1.40. The second-order valence-electron chi connectivity index (χ2n) is 8.18. The Kier molecular flexibility index (Phi) is 6.02. The number of fused-ring (bicyclic) bond motifs is 1. The summed E-state index contributed by atoms with van der Waals surface area (Å²) < 4.78 is 15.5. The lowest BCUT2D eigenvalue weighted by atomic mass is 10.1. The lowest BCUT2D eigenvalue weighted by Gasteiger charge is -2.36. The van der Waals surface area contributed by atoms with Gasteiger partial charge in [0.05, 0.1) is 16.9 Å². The van der Waals surface area contributed by atoms with E-state index in [1.165, 1.54) is 10.6 Å². The average molecular weight is 477 g/mol. The molecule has 0 saturated carbocycles. The molecular weight excluding hydrogens is 455 g/mol. The summed E-state index contributed by atoms with van der Waals surface area (Å²) in [5, 5.41) is 1.22. The van der Waals surface area contributed by atoms with E-state index in [0.717, 1.165) is 5.56 Å². The molecule has 6 nitrogen and oxygen atoms in total. The van der Waals surface area contributed by atoms with Gasteiger partial charge >= 0.3 is 5.69 Å². The van der Waals surface area contributed by atoms with Gasteiger partial charge in [-0.15, -0.1) is 0 Å². The van der Waals surface area contributed by atoms with Crippen LogP contribution < -0.4 is 10.6 Å². The Morgan fingerprint density at radius 1 is 0.941 bits per heavy atom. The molecular formula is C26H22ClFN4O2. The Morgan fingerprint density at radius 2 is 1.65 bits per heavy atom. The van der Waals surface area contributed by atoms with Crippen molar-refractivity contribution in [2.45, 2.75) is 6.54 Å². The van der Waals surface area contributed by atoms with E-state index >= 15 is 0 Å². The maximum absolute atomic E-state index is 14.1. The lowest BCUT2D eigenvalue weighted by molar-refractivity contribution is -0.132. The molecule has 8 heteroatoms. The van der Waals surface area contributed by atoms with E-state index in [1.807, 2.05) is 35.2 Å². The highest BCUT2D eigenvalue weighted by molar-refractivity contribution is 6.31. The number of nitrogens with zero attached hydrogens (tertiary/aromatic N) is 4. The lowest BCUT2D eigenvalue weighted by Crippen LogP contribution is -2.50. The fraction of sp³-hybridized carbons (Fsp3) is 0.192. The molecule has 172 valence electrons. The predicted octanol–water partition coefficient (Wildman–Crippen LogP) is 4.20. The van der Waals surface area contributed by atoms with E-state index in [2.05, 4.69) is 4.98 Å². The number of benzene rings is 3. The largest absolute Gasteiger partial charge is 0.366 e. The van der Waals surface area contributed by atoms with Crippen LogP contribution in [0.3, 0.4) is 0 Å². The van der Waals surface area contributed by atoms with Crippen LogP contribution >= 0.6 is 11.6 Å². The number of carbonyl (C=O) groups is 1. The standard InChI is InChI=1S/C26H22ClFN4O2/c27-19-10-11-22-20(16-19)25(18-6-2-1-3-7-18)29-26(34)32(22)17-24(33)31-14-12-30(13-15-31)23-9-5-4-8-21(23)28/h1-11,16H,12-15,17H2. The Hall–Kier alpha value is -3.71. The third-order valence-corrected chi connectivity index (χ3v) is 6.34. The monoisotopic (exact) mass is 476 g/mol. The molecule has 0 bridgehead atoms. The normalized spacial score (nSPS) is 13.9. The van der Waals surface area contributed by atoms with Crippen LogP contribution in [0.15, 0.2) is 77.6 Å². The first kappa shape index (κ1) is 22.1. The van der Waals surface area contributed by atoms with Crippen LogP contribution in [-0.2, 0) is 11.3 Å². The molecule has 0 aliphatic carbocycles. The van der Waals surface area contributed by atoms with Gasteiger partial charge < -0.3 is 9.80 Å². The summed E-state index contributed by atoms with van der Waals surface area (Å²) in [6.45, 7) is 1.80. The molecule has 1 amide bonds. The number of hydrogen-bond donors (Lipinski definition) is 0. The van der Waals surface area contributed by atoms with Crippen molar-refractivity contribution in [2.75, 3.05) is 31.1 Å². The van der Waals surface area contributed by atoms with E-state index in [9.17, 15) is 14.0 Å². The first-order valence-electron chi connectivity index (χ1n) is 11.0. The molecule has 0 atom stereocenters. The highest BCUT2D eigenvalue weighted by Crippen LogP contribution is 2.28. The van der Waals surface area contributed by atoms with Crippen molar-refractivity contribution < 1.29 is 9.18 Å². The van der Waals surface area contributed by atoms with Crippen molar-refractivity contribution in [1.29, 1.82) is 0 Å². The summed E-state index contributed by atoms with van der Waals surface area (Å²) in [6, 6.07) is 21.3. The van der Waals surface area contributed by atoms with Crippen molar-refractivity contribution in [3.8, 4) is 11.3 Å². The fourth-order valence-corrected chi connectivity index (χ4v) is 4.53. The van der Waals surface area contributed by atoms with Gasteiger partial charge in [-0.1, -0.05) is 54.1 Å². The number of aromatic nitrogens is 2. The van der Waals surface area contributed by atoms with Crippen molar-refractivity contribution >= 4 is 34.1 Å². The van der Waals surface area contributed by atoms with Gasteiger partial charge in [-0.05, 0) is 30.3 Å². The number of para-hydroxylation sites is 1. The topological polar surface area (TPSA) is 58.4 Å². The number of carbonyl (C=O) groups excluding carboxylic acids is 1. The van der Waals surface area contributed by atoms with Crippen LogP contribution in [0.1, 0.15) is 0 Å². The van der Waals surface area contributed by atoms with Gasteiger partial charge in [-0.2, -0.15) is 4.98 Å². The fourth-order valence-electron chi connectivity index (χ4n) is 4.36. The average Bonchev–Trinajstić information content (AvgIpc) is 2.86. The highest BCUT2D eigenvalue weighted by atomic mass is 35.5. The van der Waals surface area contributed by atoms with E-state index in [0.29, 0.717) is 53.5 Å². The summed E-state index contributed by atoms with van der Waals surface area (Å²) in [7, 11) is 0. The number of piperazine rings is 1. The van der Waals surface area contributed by atoms with Crippen LogP contribution in [-0.4, -0.2) is 46.5 Å². The summed E-state index contributed by atoms with van der Waals surface area (Å²) >= 11 is 6.25. The first-order chi connectivity index (χ1) is 16.5. The minimum absolute atomic E-state index is 0.126. The van der Waals surface area contributed by atoms with Gasteiger partial charge in [0.25, 0.3) is 0 Å². The molecule has 2 heterocycles. The van der Waals surface area contributed by atoms with Crippen molar-refractivity contribution in [3.05, 3.63) is 94.1 Å². The third kappa shape index (κ3) is 4.26. The molecule has 0 spiro atoms. The molecule has 1 fully saturated rings. The number of amides is 1. The third-order valence-electron chi connectivity index (χ3n) is 6.11. The SMILES string of the molecule is O=C(Cn1c(=O)nc(-c2ccccc2)c2cc(Cl)ccc21)N1CCN(c2ccccc2F)CC1. The van der Waals surface area contributed by atoms with Crippen LogP contribution in [0.25, 0.3) is 22.2 Å². The van der Waals surface area contributed by atoms with E-state index in [4.69, 9.17) is 11.6 Å². The van der Waals surface area contributed by atoms with Crippen molar-refractivity contribution in [1.82, 2.24) is 14.5 Å². The van der Waals surface area contributed by atoms with E-state index in [-0.39, 0.29) is 18.3 Å². The summed E-state index contributed by atoms with van der Waals surface area (Å²) in [5.74, 6) is -0.454. The van der Waals surface area contributed by atoms with Crippen LogP contribution in [0, 0.1) is 5.82 Å². The summed E-state index contributed by atoms with van der Waals surface area (Å²) in [6.07, 6.45) is 0. The molecule has 3 aromatic carbocycles. The molecule has 0 unspecified atom stereocenters. The van der Waals surface area contributed by atoms with Crippen LogP contribution in [0.5, 0.6) is 0 Å². The molecule has 34 heavy (non-hydrogen) atoms. The van der Waals surface area contributed by atoms with Gasteiger partial charge in [0, 0.05) is 42.2 Å². The number of anilines is 1. The second kappa shape index (κ2) is 9.27. The minimum Gasteiger partial charge on any atom is -0.366 e. The molecule has 1 aliphatic heterocycles. The zero-order valence-corrected chi connectivity index (χ0v) is 19.1. The molecule has 4 aromatic rings. The van der Waals surface area contributed by atoms with Crippen LogP contribution in [0.2, 0.25) is 5.02 Å². The number of hydrogen-bond acceptors (Lipinski definition) is 4.